The molecule has 2 rings (SSSR count). The summed E-state index contributed by atoms with van der Waals surface area (Å²) in [4.78, 5) is 38.0. The van der Waals surface area contributed by atoms with Crippen LogP contribution in [0.3, 0.4) is 0 Å². The molecule has 6 heteroatoms. The highest BCUT2D eigenvalue weighted by molar-refractivity contribution is 8.00. The largest absolute Gasteiger partial charge is 0.355 e. The van der Waals surface area contributed by atoms with Crippen molar-refractivity contribution in [3.8, 4) is 0 Å². The number of carbonyl (C=O) groups excluding carboxylic acids is 3. The second-order valence-corrected chi connectivity index (χ2v) is 9.15. The fourth-order valence-electron chi connectivity index (χ4n) is 3.95. The van der Waals surface area contributed by atoms with E-state index in [1.807, 2.05) is 0 Å². The van der Waals surface area contributed by atoms with Gasteiger partial charge in [-0.1, -0.05) is 58.3 Å². The van der Waals surface area contributed by atoms with Crippen molar-refractivity contribution >= 4 is 29.5 Å². The number of nitrogens with one attached hydrogen (secondary N) is 1. The van der Waals surface area contributed by atoms with Crippen molar-refractivity contribution in [3.63, 3.8) is 0 Å². The van der Waals surface area contributed by atoms with Gasteiger partial charge >= 0.3 is 0 Å². The molecule has 0 aromatic rings. The van der Waals surface area contributed by atoms with Gasteiger partial charge in [0, 0.05) is 31.2 Å². The maximum Gasteiger partial charge on any atom is 0.242 e. The predicted molar refractivity (Wildman–Crippen MR) is 111 cm³/mol. The fourth-order valence-corrected chi connectivity index (χ4v) is 4.99. The molecule has 27 heavy (non-hydrogen) atoms. The minimum absolute atomic E-state index is 0.0292. The minimum atomic E-state index is -0.259. The van der Waals surface area contributed by atoms with E-state index >= 15 is 0 Å². The van der Waals surface area contributed by atoms with Crippen molar-refractivity contribution < 1.29 is 14.4 Å². The van der Waals surface area contributed by atoms with Crippen molar-refractivity contribution in [1.29, 1.82) is 0 Å². The molecular weight excluding hydrogens is 360 g/mol. The molecule has 1 aliphatic carbocycles. The standard InChI is InChI=1S/C21H36N2O3S/c1-2-3-4-5-6-7-10-14-23-19(24)16-18(21(23)26)27-15-13-22-20(25)17-11-8-9-12-17/h17-18H,2-16H2,1H3,(H,22,25). The summed E-state index contributed by atoms with van der Waals surface area (Å²) in [6, 6.07) is 0. The van der Waals surface area contributed by atoms with Crippen LogP contribution in [-0.4, -0.2) is 46.7 Å². The molecule has 0 aromatic carbocycles. The topological polar surface area (TPSA) is 66.5 Å². The van der Waals surface area contributed by atoms with E-state index in [0.717, 1.165) is 38.5 Å². The third-order valence-electron chi connectivity index (χ3n) is 5.63. The zero-order valence-electron chi connectivity index (χ0n) is 16.8. The maximum atomic E-state index is 12.5. The number of amides is 3. The van der Waals surface area contributed by atoms with Crippen LogP contribution in [0.15, 0.2) is 0 Å². The van der Waals surface area contributed by atoms with Crippen molar-refractivity contribution in [2.75, 3.05) is 18.8 Å². The molecule has 1 unspecified atom stereocenters. The van der Waals surface area contributed by atoms with Crippen LogP contribution in [0, 0.1) is 5.92 Å². The highest BCUT2D eigenvalue weighted by atomic mass is 32.2. The molecule has 1 atom stereocenters. The molecule has 0 spiro atoms. The molecule has 1 saturated heterocycles. The number of carbonyl (C=O) groups is 3. The van der Waals surface area contributed by atoms with Crippen molar-refractivity contribution in [3.05, 3.63) is 0 Å². The van der Waals surface area contributed by atoms with Crippen LogP contribution in [0.1, 0.15) is 84.0 Å². The SMILES string of the molecule is CCCCCCCCCN1C(=O)CC(SCCNC(=O)C2CCCC2)C1=O. The Bertz CT molecular complexity index is 492. The van der Waals surface area contributed by atoms with Crippen LogP contribution in [-0.2, 0) is 14.4 Å². The summed E-state index contributed by atoms with van der Waals surface area (Å²) in [6.07, 6.45) is 12.9. The summed E-state index contributed by atoms with van der Waals surface area (Å²) in [5.74, 6) is 0.967. The Labute approximate surface area is 168 Å². The molecule has 1 saturated carbocycles. The van der Waals surface area contributed by atoms with E-state index in [9.17, 15) is 14.4 Å². The van der Waals surface area contributed by atoms with Gasteiger partial charge in [-0.05, 0) is 19.3 Å². The van der Waals surface area contributed by atoms with E-state index in [1.165, 1.54) is 48.8 Å². The summed E-state index contributed by atoms with van der Waals surface area (Å²) in [6.45, 7) is 3.36. The Balaban J connectivity index is 1.57. The molecule has 0 radical (unpaired) electrons. The molecule has 154 valence electrons. The second-order valence-electron chi connectivity index (χ2n) is 7.84. The molecule has 2 fully saturated rings. The van der Waals surface area contributed by atoms with Crippen LogP contribution in [0.4, 0.5) is 0 Å². The number of hydrogen-bond donors (Lipinski definition) is 1. The van der Waals surface area contributed by atoms with Gasteiger partial charge in [-0.3, -0.25) is 19.3 Å². The zero-order chi connectivity index (χ0) is 19.5. The van der Waals surface area contributed by atoms with E-state index in [2.05, 4.69) is 12.2 Å². The molecule has 1 heterocycles. The van der Waals surface area contributed by atoms with E-state index in [1.54, 1.807) is 0 Å². The van der Waals surface area contributed by atoms with Gasteiger partial charge in [-0.25, -0.2) is 0 Å². The smallest absolute Gasteiger partial charge is 0.242 e. The van der Waals surface area contributed by atoms with Crippen LogP contribution in [0.2, 0.25) is 0 Å². The lowest BCUT2D eigenvalue weighted by Gasteiger charge is -2.15. The van der Waals surface area contributed by atoms with Gasteiger partial charge in [-0.2, -0.15) is 0 Å². The molecule has 0 aromatic heterocycles. The van der Waals surface area contributed by atoms with Crippen LogP contribution >= 0.6 is 11.8 Å². The van der Waals surface area contributed by atoms with Gasteiger partial charge < -0.3 is 5.32 Å². The van der Waals surface area contributed by atoms with Crippen LogP contribution in [0.5, 0.6) is 0 Å². The maximum absolute atomic E-state index is 12.5. The Morgan fingerprint density at radius 2 is 1.74 bits per heavy atom. The number of imide groups is 1. The molecule has 5 nitrogen and oxygen atoms in total. The molecule has 2 aliphatic rings. The Kier molecular flexibility index (Phi) is 10.2. The third kappa shape index (κ3) is 7.47. The summed E-state index contributed by atoms with van der Waals surface area (Å²) in [5, 5.41) is 2.72. The first-order valence-electron chi connectivity index (χ1n) is 10.9. The van der Waals surface area contributed by atoms with Gasteiger partial charge in [0.05, 0.1) is 5.25 Å². The number of rotatable bonds is 13. The number of nitrogens with zero attached hydrogens (tertiary/aromatic N) is 1. The first-order valence-corrected chi connectivity index (χ1v) is 11.9. The molecule has 1 N–H and O–H groups in total. The number of thioether (sulfide) groups is 1. The molecule has 3 amide bonds. The number of unbranched alkanes of at least 4 members (excludes halogenated alkanes) is 6. The predicted octanol–water partition coefficient (Wildman–Crippen LogP) is 3.90. The van der Waals surface area contributed by atoms with Gasteiger partial charge in [0.15, 0.2) is 0 Å². The number of hydrogen-bond acceptors (Lipinski definition) is 4. The van der Waals surface area contributed by atoms with E-state index in [0.29, 0.717) is 25.3 Å². The van der Waals surface area contributed by atoms with Gasteiger partial charge in [0.2, 0.25) is 17.7 Å². The van der Waals surface area contributed by atoms with Gasteiger partial charge in [0.25, 0.3) is 0 Å². The first-order chi connectivity index (χ1) is 13.1. The summed E-state index contributed by atoms with van der Waals surface area (Å²) < 4.78 is 0. The normalized spacial score (nSPS) is 20.6. The highest BCUT2D eigenvalue weighted by Gasteiger charge is 2.38. The summed E-state index contributed by atoms with van der Waals surface area (Å²) in [7, 11) is 0. The Hall–Kier alpha value is -1.04. The first kappa shape index (κ1) is 22.3. The lowest BCUT2D eigenvalue weighted by Crippen LogP contribution is -2.33. The lowest BCUT2D eigenvalue weighted by atomic mass is 10.1. The quantitative estimate of drug-likeness (QED) is 0.379. The average molecular weight is 397 g/mol. The van der Waals surface area contributed by atoms with Crippen molar-refractivity contribution in [2.45, 2.75) is 89.2 Å². The van der Waals surface area contributed by atoms with Crippen LogP contribution in [0.25, 0.3) is 0 Å². The van der Waals surface area contributed by atoms with E-state index in [-0.39, 0.29) is 28.9 Å². The average Bonchev–Trinajstić information content (AvgIpc) is 3.28. The summed E-state index contributed by atoms with van der Waals surface area (Å²) >= 11 is 1.51. The monoisotopic (exact) mass is 396 g/mol. The van der Waals surface area contributed by atoms with E-state index < -0.39 is 0 Å². The second kappa shape index (κ2) is 12.4. The van der Waals surface area contributed by atoms with Gasteiger partial charge in [-0.15, -0.1) is 11.8 Å². The lowest BCUT2D eigenvalue weighted by molar-refractivity contribution is -0.138. The summed E-state index contributed by atoms with van der Waals surface area (Å²) in [5.41, 5.74) is 0. The fraction of sp³-hybridized carbons (Fsp3) is 0.857. The minimum Gasteiger partial charge on any atom is -0.355 e. The number of likely N-dealkylation sites (tertiary alicyclic amines) is 1. The molecule has 1 aliphatic heterocycles. The van der Waals surface area contributed by atoms with Gasteiger partial charge in [0.1, 0.15) is 0 Å². The third-order valence-corrected chi connectivity index (χ3v) is 6.84. The molecular formula is C21H36N2O3S. The van der Waals surface area contributed by atoms with E-state index in [4.69, 9.17) is 0 Å². The highest BCUT2D eigenvalue weighted by Crippen LogP contribution is 2.26. The Morgan fingerprint density at radius 1 is 1.07 bits per heavy atom. The van der Waals surface area contributed by atoms with Crippen molar-refractivity contribution in [1.82, 2.24) is 10.2 Å². The van der Waals surface area contributed by atoms with Crippen LogP contribution < -0.4 is 5.32 Å². The Morgan fingerprint density at radius 3 is 2.44 bits per heavy atom. The zero-order valence-corrected chi connectivity index (χ0v) is 17.7. The molecule has 0 bridgehead atoms. The van der Waals surface area contributed by atoms with Crippen molar-refractivity contribution in [2.24, 2.45) is 5.92 Å².